The van der Waals surface area contributed by atoms with Gasteiger partial charge < -0.3 is 9.64 Å². The van der Waals surface area contributed by atoms with Crippen molar-refractivity contribution in [3.63, 3.8) is 0 Å². The second kappa shape index (κ2) is 4.57. The lowest BCUT2D eigenvalue weighted by Gasteiger charge is -2.25. The van der Waals surface area contributed by atoms with Gasteiger partial charge in [0.25, 0.3) is 0 Å². The Hall–Kier alpha value is -0.870. The number of hydrogen-bond donors (Lipinski definition) is 0. The lowest BCUT2D eigenvalue weighted by molar-refractivity contribution is 0.122. The lowest BCUT2D eigenvalue weighted by Crippen LogP contribution is -2.36. The van der Waals surface area contributed by atoms with Gasteiger partial charge in [-0.05, 0) is 0 Å². The van der Waals surface area contributed by atoms with Crippen LogP contribution in [0.3, 0.4) is 0 Å². The molecule has 1 aliphatic heterocycles. The van der Waals surface area contributed by atoms with Gasteiger partial charge in [-0.1, -0.05) is 6.08 Å². The van der Waals surface area contributed by atoms with E-state index in [0.29, 0.717) is 0 Å². The van der Waals surface area contributed by atoms with Crippen molar-refractivity contribution in [3.05, 3.63) is 23.7 Å². The van der Waals surface area contributed by atoms with E-state index in [0.717, 1.165) is 43.5 Å². The van der Waals surface area contributed by atoms with Crippen LogP contribution in [-0.2, 0) is 11.2 Å². The fraction of sp³-hybridized carbons (Fsp3) is 0.500. The lowest BCUT2D eigenvalue weighted by atomic mass is 10.3. The number of anilines is 1. The number of allylic oxidation sites excluding steroid dienone is 1. The van der Waals surface area contributed by atoms with Gasteiger partial charge in [-0.15, -0.1) is 17.9 Å². The number of aromatic nitrogens is 1. The van der Waals surface area contributed by atoms with Gasteiger partial charge in [0.05, 0.1) is 18.9 Å². The number of nitrogens with zero attached hydrogens (tertiary/aromatic N) is 2. The van der Waals surface area contributed by atoms with E-state index < -0.39 is 0 Å². The van der Waals surface area contributed by atoms with Crippen molar-refractivity contribution >= 4 is 16.5 Å². The normalized spacial score (nSPS) is 17.0. The quantitative estimate of drug-likeness (QED) is 0.710. The standard InChI is InChI=1S/C10H14N2OS/c1-2-3-9-8-14-10(11-9)12-4-6-13-7-5-12/h2,8H,1,3-7H2. The Balaban J connectivity index is 2.03. The molecule has 0 aliphatic carbocycles. The molecule has 2 rings (SSSR count). The summed E-state index contributed by atoms with van der Waals surface area (Å²) in [6.45, 7) is 7.26. The highest BCUT2D eigenvalue weighted by Gasteiger charge is 2.13. The van der Waals surface area contributed by atoms with Gasteiger partial charge in [-0.2, -0.15) is 0 Å². The number of rotatable bonds is 3. The molecule has 0 amide bonds. The van der Waals surface area contributed by atoms with E-state index in [4.69, 9.17) is 4.74 Å². The maximum absolute atomic E-state index is 5.29. The summed E-state index contributed by atoms with van der Waals surface area (Å²) in [4.78, 5) is 6.82. The summed E-state index contributed by atoms with van der Waals surface area (Å²) in [5.41, 5.74) is 1.12. The first-order chi connectivity index (χ1) is 6.90. The van der Waals surface area contributed by atoms with E-state index >= 15 is 0 Å². The molecular weight excluding hydrogens is 196 g/mol. The van der Waals surface area contributed by atoms with E-state index in [1.54, 1.807) is 11.3 Å². The molecule has 1 aromatic heterocycles. The predicted octanol–water partition coefficient (Wildman–Crippen LogP) is 1.71. The van der Waals surface area contributed by atoms with Gasteiger partial charge in [0, 0.05) is 24.9 Å². The van der Waals surface area contributed by atoms with Crippen molar-refractivity contribution in [2.45, 2.75) is 6.42 Å². The van der Waals surface area contributed by atoms with E-state index in [1.807, 2.05) is 6.08 Å². The number of thiazole rings is 1. The largest absolute Gasteiger partial charge is 0.378 e. The molecule has 0 atom stereocenters. The topological polar surface area (TPSA) is 25.4 Å². The van der Waals surface area contributed by atoms with Crippen molar-refractivity contribution in [2.24, 2.45) is 0 Å². The Morgan fingerprint density at radius 1 is 1.57 bits per heavy atom. The summed E-state index contributed by atoms with van der Waals surface area (Å²) in [5.74, 6) is 0. The average molecular weight is 210 g/mol. The predicted molar refractivity (Wildman–Crippen MR) is 59.0 cm³/mol. The first kappa shape index (κ1) is 9.68. The van der Waals surface area contributed by atoms with Crippen molar-refractivity contribution in [1.82, 2.24) is 4.98 Å². The second-order valence-corrected chi connectivity index (χ2v) is 4.05. The number of morpholine rings is 1. The molecule has 0 N–H and O–H groups in total. The average Bonchev–Trinajstić information content (AvgIpc) is 2.68. The minimum Gasteiger partial charge on any atom is -0.378 e. The summed E-state index contributed by atoms with van der Waals surface area (Å²) in [5, 5.41) is 3.22. The van der Waals surface area contributed by atoms with Crippen LogP contribution >= 0.6 is 11.3 Å². The zero-order chi connectivity index (χ0) is 9.80. The maximum Gasteiger partial charge on any atom is 0.185 e. The molecule has 1 aliphatic rings. The third-order valence-electron chi connectivity index (χ3n) is 2.17. The Bertz CT molecular complexity index is 305. The van der Waals surface area contributed by atoms with E-state index in [-0.39, 0.29) is 0 Å². The van der Waals surface area contributed by atoms with Crippen LogP contribution in [0.5, 0.6) is 0 Å². The molecule has 3 nitrogen and oxygen atoms in total. The zero-order valence-corrected chi connectivity index (χ0v) is 8.92. The molecule has 0 unspecified atom stereocenters. The summed E-state index contributed by atoms with van der Waals surface area (Å²) < 4.78 is 5.29. The van der Waals surface area contributed by atoms with Gasteiger partial charge >= 0.3 is 0 Å². The molecule has 14 heavy (non-hydrogen) atoms. The minimum absolute atomic E-state index is 0.816. The Morgan fingerprint density at radius 2 is 2.36 bits per heavy atom. The smallest absolute Gasteiger partial charge is 0.185 e. The van der Waals surface area contributed by atoms with Crippen LogP contribution in [0, 0.1) is 0 Å². The molecule has 1 saturated heterocycles. The van der Waals surface area contributed by atoms with Gasteiger partial charge in [0.2, 0.25) is 0 Å². The van der Waals surface area contributed by atoms with Crippen LogP contribution in [-0.4, -0.2) is 31.3 Å². The van der Waals surface area contributed by atoms with E-state index in [9.17, 15) is 0 Å². The molecule has 2 heterocycles. The molecule has 1 fully saturated rings. The van der Waals surface area contributed by atoms with E-state index in [2.05, 4.69) is 21.8 Å². The third kappa shape index (κ3) is 2.13. The fourth-order valence-corrected chi connectivity index (χ4v) is 2.33. The van der Waals surface area contributed by atoms with Crippen LogP contribution in [0.2, 0.25) is 0 Å². The molecule has 0 radical (unpaired) electrons. The highest BCUT2D eigenvalue weighted by atomic mass is 32.1. The molecule has 0 bridgehead atoms. The zero-order valence-electron chi connectivity index (χ0n) is 8.11. The first-order valence-corrected chi connectivity index (χ1v) is 5.66. The molecule has 76 valence electrons. The van der Waals surface area contributed by atoms with Gasteiger partial charge in [-0.3, -0.25) is 0 Å². The summed E-state index contributed by atoms with van der Waals surface area (Å²) in [6, 6.07) is 0. The van der Waals surface area contributed by atoms with Gasteiger partial charge in [0.15, 0.2) is 5.13 Å². The minimum atomic E-state index is 0.816. The Morgan fingerprint density at radius 3 is 3.07 bits per heavy atom. The molecule has 0 saturated carbocycles. The molecule has 0 spiro atoms. The summed E-state index contributed by atoms with van der Waals surface area (Å²) in [6.07, 6.45) is 2.75. The SMILES string of the molecule is C=CCc1csc(N2CCOCC2)n1. The van der Waals surface area contributed by atoms with Gasteiger partial charge in [0.1, 0.15) is 0 Å². The van der Waals surface area contributed by atoms with Crippen LogP contribution in [0.15, 0.2) is 18.0 Å². The van der Waals surface area contributed by atoms with Crippen molar-refractivity contribution in [3.8, 4) is 0 Å². The van der Waals surface area contributed by atoms with Crippen LogP contribution in [0.1, 0.15) is 5.69 Å². The molecule has 1 aromatic rings. The Labute approximate surface area is 88.0 Å². The third-order valence-corrected chi connectivity index (χ3v) is 3.12. The maximum atomic E-state index is 5.29. The molecule has 0 aromatic carbocycles. The van der Waals surface area contributed by atoms with Crippen LogP contribution in [0.4, 0.5) is 5.13 Å². The van der Waals surface area contributed by atoms with Crippen molar-refractivity contribution in [1.29, 1.82) is 0 Å². The highest BCUT2D eigenvalue weighted by Crippen LogP contribution is 2.21. The monoisotopic (exact) mass is 210 g/mol. The second-order valence-electron chi connectivity index (χ2n) is 3.21. The fourth-order valence-electron chi connectivity index (χ4n) is 1.44. The van der Waals surface area contributed by atoms with Crippen LogP contribution < -0.4 is 4.90 Å². The van der Waals surface area contributed by atoms with Crippen LogP contribution in [0.25, 0.3) is 0 Å². The summed E-state index contributed by atoms with van der Waals surface area (Å²) >= 11 is 1.71. The van der Waals surface area contributed by atoms with Gasteiger partial charge in [-0.25, -0.2) is 4.98 Å². The van der Waals surface area contributed by atoms with Crippen molar-refractivity contribution in [2.75, 3.05) is 31.2 Å². The van der Waals surface area contributed by atoms with E-state index in [1.165, 1.54) is 0 Å². The molecule has 4 heteroatoms. The first-order valence-electron chi connectivity index (χ1n) is 4.78. The number of ether oxygens (including phenoxy) is 1. The number of hydrogen-bond acceptors (Lipinski definition) is 4. The van der Waals surface area contributed by atoms with Crippen molar-refractivity contribution < 1.29 is 4.74 Å². The summed E-state index contributed by atoms with van der Waals surface area (Å²) in [7, 11) is 0. The molecular formula is C10H14N2OS. The highest BCUT2D eigenvalue weighted by molar-refractivity contribution is 7.13. The Kier molecular flexibility index (Phi) is 3.16.